The Kier molecular flexibility index (Phi) is 12.8. The van der Waals surface area contributed by atoms with E-state index in [1.165, 1.54) is 21.1 Å². The molecule has 0 amide bonds. The van der Waals surface area contributed by atoms with E-state index < -0.39 is 5.97 Å². The molecule has 0 aliphatic rings. The molecule has 0 N–H and O–H groups in total. The summed E-state index contributed by atoms with van der Waals surface area (Å²) in [6.45, 7) is 4.41. The van der Waals surface area contributed by atoms with Gasteiger partial charge in [0.25, 0.3) is 0 Å². The number of pyridine rings is 1. The predicted molar refractivity (Wildman–Crippen MR) is 159 cm³/mol. The van der Waals surface area contributed by atoms with Gasteiger partial charge in [0, 0.05) is 24.0 Å². The standard InChI is InChI=1S/C33H39NO9/c1-6-10-26-30(17-15-24(22(2)35)32(26)39-4)42-20-9-19-41-28-13-8-14-29(25(28)16-18-31(36)38-3)43-21-23-11-7-12-27(34-23)33(37)40-5/h7-8,11-15,17H,6,9-10,16,18-21H2,1-5H3. The van der Waals surface area contributed by atoms with Crippen molar-refractivity contribution in [3.63, 3.8) is 0 Å². The van der Waals surface area contributed by atoms with Gasteiger partial charge in [-0.15, -0.1) is 0 Å². The summed E-state index contributed by atoms with van der Waals surface area (Å²) < 4.78 is 33.4. The van der Waals surface area contributed by atoms with E-state index >= 15 is 0 Å². The SMILES string of the molecule is CCCc1c(OCCCOc2cccc(OCc3cccc(C(=O)OC)n3)c2CCC(=O)OC)ccc(C(C)=O)c1OC. The van der Waals surface area contributed by atoms with E-state index in [1.54, 1.807) is 43.5 Å². The molecule has 1 aromatic heterocycles. The maximum absolute atomic E-state index is 12.1. The van der Waals surface area contributed by atoms with E-state index in [-0.39, 0.29) is 30.5 Å². The normalized spacial score (nSPS) is 10.5. The molecule has 0 aliphatic heterocycles. The third-order valence-corrected chi connectivity index (χ3v) is 6.58. The summed E-state index contributed by atoms with van der Waals surface area (Å²) in [6, 6.07) is 14.0. The van der Waals surface area contributed by atoms with Crippen molar-refractivity contribution in [3.8, 4) is 23.0 Å². The molecule has 0 spiro atoms. The smallest absolute Gasteiger partial charge is 0.356 e. The number of carbonyl (C=O) groups is 3. The number of hydrogen-bond donors (Lipinski definition) is 0. The first-order valence-electron chi connectivity index (χ1n) is 14.1. The molecule has 0 saturated heterocycles. The Balaban J connectivity index is 1.69. The molecule has 0 radical (unpaired) electrons. The van der Waals surface area contributed by atoms with Crippen LogP contribution in [0.4, 0.5) is 0 Å². The predicted octanol–water partition coefficient (Wildman–Crippen LogP) is 5.56. The van der Waals surface area contributed by atoms with Crippen molar-refractivity contribution in [1.29, 1.82) is 0 Å². The van der Waals surface area contributed by atoms with Gasteiger partial charge in [0.2, 0.25) is 0 Å². The van der Waals surface area contributed by atoms with Gasteiger partial charge in [-0.1, -0.05) is 25.5 Å². The van der Waals surface area contributed by atoms with Crippen molar-refractivity contribution in [2.75, 3.05) is 34.5 Å². The van der Waals surface area contributed by atoms with Gasteiger partial charge in [-0.05, 0) is 56.2 Å². The van der Waals surface area contributed by atoms with Crippen LogP contribution in [0.5, 0.6) is 23.0 Å². The zero-order chi connectivity index (χ0) is 31.2. The lowest BCUT2D eigenvalue weighted by atomic mass is 10.0. The number of Topliss-reactive ketones (excluding diaryl/α,β-unsaturated/α-hetero) is 1. The zero-order valence-corrected chi connectivity index (χ0v) is 25.4. The molecule has 3 rings (SSSR count). The van der Waals surface area contributed by atoms with Crippen LogP contribution in [0.1, 0.15) is 70.8 Å². The van der Waals surface area contributed by atoms with Crippen LogP contribution < -0.4 is 18.9 Å². The topological polar surface area (TPSA) is 119 Å². The van der Waals surface area contributed by atoms with Crippen molar-refractivity contribution in [2.45, 2.75) is 52.6 Å². The Labute approximate surface area is 252 Å². The Bertz CT molecular complexity index is 1400. The van der Waals surface area contributed by atoms with Gasteiger partial charge in [0.1, 0.15) is 35.3 Å². The summed E-state index contributed by atoms with van der Waals surface area (Å²) in [5, 5.41) is 0. The van der Waals surface area contributed by atoms with Crippen molar-refractivity contribution in [1.82, 2.24) is 4.98 Å². The number of hydrogen-bond acceptors (Lipinski definition) is 10. The minimum Gasteiger partial charge on any atom is -0.496 e. The Morgan fingerprint density at radius 2 is 1.44 bits per heavy atom. The minimum absolute atomic E-state index is 0.0608. The lowest BCUT2D eigenvalue weighted by Gasteiger charge is -2.18. The maximum atomic E-state index is 12.1. The van der Waals surface area contributed by atoms with Crippen LogP contribution in [0.15, 0.2) is 48.5 Å². The van der Waals surface area contributed by atoms with Crippen LogP contribution in [-0.2, 0) is 33.7 Å². The van der Waals surface area contributed by atoms with Gasteiger partial charge in [-0.25, -0.2) is 9.78 Å². The highest BCUT2D eigenvalue weighted by molar-refractivity contribution is 5.97. The van der Waals surface area contributed by atoms with Crippen LogP contribution in [0, 0.1) is 0 Å². The highest BCUT2D eigenvalue weighted by atomic mass is 16.5. The number of rotatable bonds is 17. The highest BCUT2D eigenvalue weighted by Gasteiger charge is 2.18. The fourth-order valence-electron chi connectivity index (χ4n) is 4.49. The molecule has 0 fully saturated rings. The first kappa shape index (κ1) is 32.9. The summed E-state index contributed by atoms with van der Waals surface area (Å²) in [5.41, 5.74) is 2.85. The largest absolute Gasteiger partial charge is 0.496 e. The van der Waals surface area contributed by atoms with E-state index in [0.29, 0.717) is 65.9 Å². The summed E-state index contributed by atoms with van der Waals surface area (Å²) in [4.78, 5) is 40.1. The van der Waals surface area contributed by atoms with Crippen LogP contribution in [-0.4, -0.2) is 57.2 Å². The molecule has 3 aromatic rings. The minimum atomic E-state index is -0.534. The van der Waals surface area contributed by atoms with E-state index in [4.69, 9.17) is 28.4 Å². The second-order valence-electron chi connectivity index (χ2n) is 9.58. The summed E-state index contributed by atoms with van der Waals surface area (Å²) in [7, 11) is 4.20. The molecule has 0 unspecified atom stereocenters. The van der Waals surface area contributed by atoms with Gasteiger partial charge < -0.3 is 28.4 Å². The summed E-state index contributed by atoms with van der Waals surface area (Å²) >= 11 is 0. The number of ketones is 1. The van der Waals surface area contributed by atoms with Gasteiger partial charge in [-0.2, -0.15) is 0 Å². The third-order valence-electron chi connectivity index (χ3n) is 6.58. The quantitative estimate of drug-likeness (QED) is 0.112. The number of methoxy groups -OCH3 is 3. The maximum Gasteiger partial charge on any atom is 0.356 e. The van der Waals surface area contributed by atoms with E-state index in [2.05, 4.69) is 11.9 Å². The van der Waals surface area contributed by atoms with E-state index in [9.17, 15) is 14.4 Å². The average Bonchev–Trinajstić information content (AvgIpc) is 3.02. The molecule has 0 saturated carbocycles. The molecule has 2 aromatic carbocycles. The monoisotopic (exact) mass is 593 g/mol. The lowest BCUT2D eigenvalue weighted by Crippen LogP contribution is -2.10. The molecule has 10 heteroatoms. The van der Waals surface area contributed by atoms with Crippen LogP contribution in [0.3, 0.4) is 0 Å². The molecular weight excluding hydrogens is 554 g/mol. The van der Waals surface area contributed by atoms with Gasteiger partial charge in [0.15, 0.2) is 5.78 Å². The fraction of sp³-hybridized carbons (Fsp3) is 0.394. The molecule has 230 valence electrons. The Morgan fingerprint density at radius 1 is 0.767 bits per heavy atom. The first-order valence-corrected chi connectivity index (χ1v) is 14.1. The lowest BCUT2D eigenvalue weighted by molar-refractivity contribution is -0.140. The molecule has 43 heavy (non-hydrogen) atoms. The van der Waals surface area contributed by atoms with Crippen LogP contribution in [0.25, 0.3) is 0 Å². The summed E-state index contributed by atoms with van der Waals surface area (Å²) in [5.74, 6) is 1.41. The van der Waals surface area contributed by atoms with Crippen LogP contribution in [0.2, 0.25) is 0 Å². The zero-order valence-electron chi connectivity index (χ0n) is 25.4. The van der Waals surface area contributed by atoms with Crippen molar-refractivity contribution in [3.05, 3.63) is 76.6 Å². The molecule has 0 aliphatic carbocycles. The Morgan fingerprint density at radius 3 is 2.07 bits per heavy atom. The fourth-order valence-corrected chi connectivity index (χ4v) is 4.49. The Hall–Kier alpha value is -4.60. The third kappa shape index (κ3) is 9.19. The highest BCUT2D eigenvalue weighted by Crippen LogP contribution is 2.34. The van der Waals surface area contributed by atoms with Gasteiger partial charge in [-0.3, -0.25) is 9.59 Å². The van der Waals surface area contributed by atoms with Crippen molar-refractivity contribution < 1.29 is 42.8 Å². The number of carbonyl (C=O) groups excluding carboxylic acids is 3. The average molecular weight is 594 g/mol. The summed E-state index contributed by atoms with van der Waals surface area (Å²) in [6.07, 6.45) is 2.65. The molecule has 0 bridgehead atoms. The second-order valence-corrected chi connectivity index (χ2v) is 9.58. The number of esters is 2. The molecule has 10 nitrogen and oxygen atoms in total. The first-order chi connectivity index (χ1) is 20.8. The molecule has 0 atom stereocenters. The number of ether oxygens (including phenoxy) is 6. The van der Waals surface area contributed by atoms with E-state index in [1.807, 2.05) is 12.1 Å². The van der Waals surface area contributed by atoms with Gasteiger partial charge >= 0.3 is 11.9 Å². The van der Waals surface area contributed by atoms with Crippen molar-refractivity contribution >= 4 is 17.7 Å². The van der Waals surface area contributed by atoms with Crippen molar-refractivity contribution in [2.24, 2.45) is 0 Å². The van der Waals surface area contributed by atoms with Crippen LogP contribution >= 0.6 is 0 Å². The number of benzene rings is 2. The number of aromatic nitrogens is 1. The van der Waals surface area contributed by atoms with E-state index in [0.717, 1.165) is 18.4 Å². The molecule has 1 heterocycles. The molecular formula is C33H39NO9. The number of nitrogens with zero attached hydrogens (tertiary/aromatic N) is 1. The second kappa shape index (κ2) is 16.7. The van der Waals surface area contributed by atoms with Gasteiger partial charge in [0.05, 0.1) is 45.8 Å².